The van der Waals surface area contributed by atoms with Crippen molar-refractivity contribution in [2.75, 3.05) is 25.1 Å². The Morgan fingerprint density at radius 1 is 1.53 bits per heavy atom. The molecule has 0 aliphatic carbocycles. The van der Waals surface area contributed by atoms with Crippen molar-refractivity contribution in [3.63, 3.8) is 0 Å². The van der Waals surface area contributed by atoms with E-state index in [-0.39, 0.29) is 17.8 Å². The monoisotopic (exact) mass is 262 g/mol. The Morgan fingerprint density at radius 2 is 2.26 bits per heavy atom. The van der Waals surface area contributed by atoms with Gasteiger partial charge in [0.25, 0.3) is 0 Å². The summed E-state index contributed by atoms with van der Waals surface area (Å²) in [6.45, 7) is 2.99. The van der Waals surface area contributed by atoms with E-state index in [4.69, 9.17) is 10.5 Å². The Hall–Kier alpha value is -1.88. The van der Waals surface area contributed by atoms with Crippen molar-refractivity contribution < 1.29 is 14.3 Å². The maximum atomic E-state index is 11.9. The van der Waals surface area contributed by atoms with Gasteiger partial charge in [0.05, 0.1) is 12.7 Å². The number of hydrogen-bond acceptors (Lipinski definition) is 4. The average molecular weight is 262 g/mol. The molecule has 1 aliphatic rings. The first kappa shape index (κ1) is 13.5. The maximum Gasteiger partial charge on any atom is 0.338 e. The van der Waals surface area contributed by atoms with Crippen molar-refractivity contribution in [2.24, 2.45) is 11.7 Å². The zero-order chi connectivity index (χ0) is 14.0. The summed E-state index contributed by atoms with van der Waals surface area (Å²) in [5.41, 5.74) is 7.74. The van der Waals surface area contributed by atoms with E-state index in [1.807, 2.05) is 13.0 Å². The molecule has 1 aromatic carbocycles. The number of aryl methyl sites for hydroxylation is 1. The number of carbonyl (C=O) groups is 2. The second-order valence-electron chi connectivity index (χ2n) is 4.80. The highest BCUT2D eigenvalue weighted by molar-refractivity contribution is 5.97. The Labute approximate surface area is 112 Å². The summed E-state index contributed by atoms with van der Waals surface area (Å²) >= 11 is 0. The first-order chi connectivity index (χ1) is 9.06. The standard InChI is InChI=1S/C14H18N2O3/c1-9-5-11(3-4-12(9)14(18)19-2)16-8-10(7-15)6-13(16)17/h3-5,10H,6-8,15H2,1-2H3. The van der Waals surface area contributed by atoms with Crippen LogP contribution in [0.2, 0.25) is 0 Å². The Kier molecular flexibility index (Phi) is 3.85. The molecule has 1 aromatic rings. The number of methoxy groups -OCH3 is 1. The number of benzene rings is 1. The highest BCUT2D eigenvalue weighted by atomic mass is 16.5. The molecule has 0 aromatic heterocycles. The van der Waals surface area contributed by atoms with Crippen LogP contribution in [0.5, 0.6) is 0 Å². The van der Waals surface area contributed by atoms with E-state index in [1.165, 1.54) is 7.11 Å². The lowest BCUT2D eigenvalue weighted by Crippen LogP contribution is -2.25. The summed E-state index contributed by atoms with van der Waals surface area (Å²) in [4.78, 5) is 25.1. The molecule has 1 heterocycles. The molecule has 0 bridgehead atoms. The van der Waals surface area contributed by atoms with Gasteiger partial charge >= 0.3 is 5.97 Å². The molecule has 2 N–H and O–H groups in total. The van der Waals surface area contributed by atoms with Crippen LogP contribution in [-0.4, -0.2) is 32.1 Å². The molecule has 1 aliphatic heterocycles. The zero-order valence-electron chi connectivity index (χ0n) is 11.2. The minimum absolute atomic E-state index is 0.0840. The van der Waals surface area contributed by atoms with Crippen molar-refractivity contribution in [2.45, 2.75) is 13.3 Å². The van der Waals surface area contributed by atoms with E-state index in [9.17, 15) is 9.59 Å². The lowest BCUT2D eigenvalue weighted by molar-refractivity contribution is -0.117. The van der Waals surface area contributed by atoms with Gasteiger partial charge in [-0.15, -0.1) is 0 Å². The fourth-order valence-corrected chi connectivity index (χ4v) is 2.34. The quantitative estimate of drug-likeness (QED) is 0.828. The van der Waals surface area contributed by atoms with Crippen LogP contribution in [0.1, 0.15) is 22.3 Å². The van der Waals surface area contributed by atoms with Crippen LogP contribution in [0.25, 0.3) is 0 Å². The highest BCUT2D eigenvalue weighted by Crippen LogP contribution is 2.26. The smallest absolute Gasteiger partial charge is 0.338 e. The summed E-state index contributed by atoms with van der Waals surface area (Å²) in [5, 5.41) is 0. The third-order valence-electron chi connectivity index (χ3n) is 3.47. The molecule has 1 saturated heterocycles. The predicted octanol–water partition coefficient (Wildman–Crippen LogP) is 1.09. The van der Waals surface area contributed by atoms with Gasteiger partial charge in [-0.05, 0) is 43.1 Å². The molecule has 2 rings (SSSR count). The van der Waals surface area contributed by atoms with Crippen molar-refractivity contribution in [3.05, 3.63) is 29.3 Å². The number of nitrogens with two attached hydrogens (primary N) is 1. The van der Waals surface area contributed by atoms with Crippen LogP contribution < -0.4 is 10.6 Å². The van der Waals surface area contributed by atoms with Gasteiger partial charge in [0.2, 0.25) is 5.91 Å². The van der Waals surface area contributed by atoms with Crippen LogP contribution in [0, 0.1) is 12.8 Å². The summed E-state index contributed by atoms with van der Waals surface area (Å²) in [5.74, 6) is -0.0645. The first-order valence-electron chi connectivity index (χ1n) is 6.26. The van der Waals surface area contributed by atoms with Crippen LogP contribution in [0.4, 0.5) is 5.69 Å². The van der Waals surface area contributed by atoms with Crippen molar-refractivity contribution in [1.82, 2.24) is 0 Å². The molecule has 0 spiro atoms. The van der Waals surface area contributed by atoms with Gasteiger partial charge in [-0.1, -0.05) is 0 Å². The Morgan fingerprint density at radius 3 is 2.79 bits per heavy atom. The van der Waals surface area contributed by atoms with Gasteiger partial charge in [-0.2, -0.15) is 0 Å². The molecule has 1 fully saturated rings. The molecule has 5 heteroatoms. The second kappa shape index (κ2) is 5.40. The summed E-state index contributed by atoms with van der Waals surface area (Å²) in [6, 6.07) is 5.30. The van der Waals surface area contributed by atoms with Gasteiger partial charge < -0.3 is 15.4 Å². The molecular formula is C14H18N2O3. The number of ether oxygens (including phenoxy) is 1. The molecular weight excluding hydrogens is 244 g/mol. The fraction of sp³-hybridized carbons (Fsp3) is 0.429. The van der Waals surface area contributed by atoms with E-state index in [2.05, 4.69) is 0 Å². The second-order valence-corrected chi connectivity index (χ2v) is 4.80. The van der Waals surface area contributed by atoms with Crippen LogP contribution >= 0.6 is 0 Å². The molecule has 1 unspecified atom stereocenters. The van der Waals surface area contributed by atoms with Gasteiger partial charge in [-0.25, -0.2) is 4.79 Å². The molecule has 0 radical (unpaired) electrons. The van der Waals surface area contributed by atoms with E-state index >= 15 is 0 Å². The number of amides is 1. The third-order valence-corrected chi connectivity index (χ3v) is 3.47. The number of carbonyl (C=O) groups excluding carboxylic acids is 2. The maximum absolute atomic E-state index is 11.9. The van der Waals surface area contributed by atoms with E-state index in [0.29, 0.717) is 25.1 Å². The normalized spacial score (nSPS) is 18.8. The summed E-state index contributed by atoms with van der Waals surface area (Å²) in [7, 11) is 1.35. The van der Waals surface area contributed by atoms with Crippen molar-refractivity contribution in [1.29, 1.82) is 0 Å². The number of hydrogen-bond donors (Lipinski definition) is 1. The molecule has 19 heavy (non-hydrogen) atoms. The molecule has 0 saturated carbocycles. The highest BCUT2D eigenvalue weighted by Gasteiger charge is 2.29. The summed E-state index contributed by atoms with van der Waals surface area (Å²) < 4.78 is 4.70. The van der Waals surface area contributed by atoms with Crippen LogP contribution in [0.15, 0.2) is 18.2 Å². The van der Waals surface area contributed by atoms with E-state index in [0.717, 1.165) is 11.3 Å². The Bertz CT molecular complexity index is 513. The fourth-order valence-electron chi connectivity index (χ4n) is 2.34. The molecule has 1 atom stereocenters. The van der Waals surface area contributed by atoms with Gasteiger partial charge in [-0.3, -0.25) is 4.79 Å². The number of esters is 1. The minimum atomic E-state index is -0.364. The Balaban J connectivity index is 2.25. The molecule has 5 nitrogen and oxygen atoms in total. The number of nitrogens with zero attached hydrogens (tertiary/aromatic N) is 1. The lowest BCUT2D eigenvalue weighted by Gasteiger charge is -2.18. The van der Waals surface area contributed by atoms with Crippen molar-refractivity contribution in [3.8, 4) is 0 Å². The third kappa shape index (κ3) is 2.61. The largest absolute Gasteiger partial charge is 0.465 e. The van der Waals surface area contributed by atoms with E-state index in [1.54, 1.807) is 17.0 Å². The van der Waals surface area contributed by atoms with Crippen LogP contribution in [-0.2, 0) is 9.53 Å². The topological polar surface area (TPSA) is 72.6 Å². The lowest BCUT2D eigenvalue weighted by atomic mass is 10.1. The molecule has 102 valence electrons. The molecule has 1 amide bonds. The minimum Gasteiger partial charge on any atom is -0.465 e. The van der Waals surface area contributed by atoms with Gasteiger partial charge in [0.15, 0.2) is 0 Å². The van der Waals surface area contributed by atoms with Crippen LogP contribution in [0.3, 0.4) is 0 Å². The van der Waals surface area contributed by atoms with Gasteiger partial charge in [0, 0.05) is 18.7 Å². The summed E-state index contributed by atoms with van der Waals surface area (Å²) in [6.07, 6.45) is 0.494. The number of anilines is 1. The average Bonchev–Trinajstić information content (AvgIpc) is 2.79. The van der Waals surface area contributed by atoms with Gasteiger partial charge in [0.1, 0.15) is 0 Å². The number of rotatable bonds is 3. The predicted molar refractivity (Wildman–Crippen MR) is 72.0 cm³/mol. The first-order valence-corrected chi connectivity index (χ1v) is 6.26. The van der Waals surface area contributed by atoms with Crippen molar-refractivity contribution >= 4 is 17.6 Å². The zero-order valence-corrected chi connectivity index (χ0v) is 11.2. The SMILES string of the molecule is COC(=O)c1ccc(N2CC(CN)CC2=O)cc1C. The van der Waals surface area contributed by atoms with E-state index < -0.39 is 0 Å².